The summed E-state index contributed by atoms with van der Waals surface area (Å²) in [4.78, 5) is 0. The average Bonchev–Trinajstić information content (AvgIpc) is 3.24. The lowest BCUT2D eigenvalue weighted by molar-refractivity contribution is 0.461. The number of rotatable bonds is 3. The Kier molecular flexibility index (Phi) is 3.21. The van der Waals surface area contributed by atoms with Crippen LogP contribution < -0.4 is 0 Å². The van der Waals surface area contributed by atoms with E-state index >= 15 is 0 Å². The molecular formula is C16H16N2. The molecule has 0 bridgehead atoms. The van der Waals surface area contributed by atoms with Gasteiger partial charge in [-0.15, -0.1) is 0 Å². The molecule has 1 aliphatic rings. The molecule has 0 aliphatic heterocycles. The normalized spacial score (nSPS) is 15.4. The molecule has 1 unspecified atom stereocenters. The average molecular weight is 236 g/mol. The Morgan fingerprint density at radius 2 is 1.72 bits per heavy atom. The van der Waals surface area contributed by atoms with Crippen molar-refractivity contribution in [2.24, 2.45) is 11.3 Å². The number of allylic oxidation sites excluding steroid dienone is 2. The van der Waals surface area contributed by atoms with Gasteiger partial charge < -0.3 is 0 Å². The van der Waals surface area contributed by atoms with Crippen LogP contribution in [-0.4, -0.2) is 0 Å². The van der Waals surface area contributed by atoms with Gasteiger partial charge in [-0.05, 0) is 30.9 Å². The Bertz CT molecular complexity index is 535. The largest absolute Gasteiger partial charge is 0.197 e. The van der Waals surface area contributed by atoms with Crippen molar-refractivity contribution in [3.8, 4) is 12.1 Å². The Hall–Kier alpha value is -2.06. The minimum atomic E-state index is -0.958. The quantitative estimate of drug-likeness (QED) is 0.798. The van der Waals surface area contributed by atoms with Gasteiger partial charge in [-0.2, -0.15) is 10.5 Å². The van der Waals surface area contributed by atoms with E-state index in [1.54, 1.807) is 6.92 Å². The lowest BCUT2D eigenvalue weighted by Crippen LogP contribution is -2.22. The van der Waals surface area contributed by atoms with Crippen LogP contribution in [0.4, 0.5) is 0 Å². The van der Waals surface area contributed by atoms with E-state index in [-0.39, 0.29) is 5.92 Å². The van der Waals surface area contributed by atoms with Crippen LogP contribution >= 0.6 is 0 Å². The third-order valence-corrected chi connectivity index (χ3v) is 3.73. The lowest BCUT2D eigenvalue weighted by atomic mass is 9.74. The number of hydrogen-bond acceptors (Lipinski definition) is 2. The Morgan fingerprint density at radius 1 is 1.17 bits per heavy atom. The summed E-state index contributed by atoms with van der Waals surface area (Å²) in [6, 6.07) is 14.4. The Balaban J connectivity index is 2.45. The molecule has 0 heterocycles. The summed E-state index contributed by atoms with van der Waals surface area (Å²) in [6.07, 6.45) is 2.20. The summed E-state index contributed by atoms with van der Waals surface area (Å²) in [6.45, 7) is 3.71. The zero-order valence-corrected chi connectivity index (χ0v) is 10.8. The van der Waals surface area contributed by atoms with Crippen LogP contribution in [0.3, 0.4) is 0 Å². The van der Waals surface area contributed by atoms with E-state index < -0.39 is 5.41 Å². The fourth-order valence-corrected chi connectivity index (χ4v) is 2.22. The maximum Gasteiger partial charge on any atom is 0.147 e. The van der Waals surface area contributed by atoms with Gasteiger partial charge in [0.05, 0.1) is 12.1 Å². The second-order valence-electron chi connectivity index (χ2n) is 5.03. The fourth-order valence-electron chi connectivity index (χ4n) is 2.22. The first-order chi connectivity index (χ1) is 8.62. The summed E-state index contributed by atoms with van der Waals surface area (Å²) >= 11 is 0. The van der Waals surface area contributed by atoms with E-state index in [0.717, 1.165) is 18.4 Å². The highest BCUT2D eigenvalue weighted by molar-refractivity contribution is 5.74. The second kappa shape index (κ2) is 4.67. The highest BCUT2D eigenvalue weighted by Crippen LogP contribution is 2.45. The molecule has 90 valence electrons. The molecule has 1 fully saturated rings. The molecule has 1 saturated carbocycles. The number of benzene rings is 1. The van der Waals surface area contributed by atoms with Gasteiger partial charge in [0.2, 0.25) is 0 Å². The number of nitriles is 2. The van der Waals surface area contributed by atoms with E-state index in [9.17, 15) is 10.5 Å². The van der Waals surface area contributed by atoms with Gasteiger partial charge in [0.1, 0.15) is 5.41 Å². The smallest absolute Gasteiger partial charge is 0.147 e. The van der Waals surface area contributed by atoms with Gasteiger partial charge in [-0.3, -0.25) is 0 Å². The predicted octanol–water partition coefficient (Wildman–Crippen LogP) is 3.92. The topological polar surface area (TPSA) is 47.6 Å². The van der Waals surface area contributed by atoms with Crippen molar-refractivity contribution >= 4 is 5.57 Å². The monoisotopic (exact) mass is 236 g/mol. The minimum Gasteiger partial charge on any atom is -0.197 e. The van der Waals surface area contributed by atoms with Crippen LogP contribution in [0.25, 0.3) is 5.57 Å². The summed E-state index contributed by atoms with van der Waals surface area (Å²) in [5, 5.41) is 18.5. The molecule has 0 aromatic heterocycles. The van der Waals surface area contributed by atoms with E-state index in [0.29, 0.717) is 0 Å². The van der Waals surface area contributed by atoms with Crippen molar-refractivity contribution in [3.05, 3.63) is 41.5 Å². The standard InChI is InChI=1S/C16H16N2/c1-12(16(2,10-17)11-18)15(14-8-9-14)13-6-4-3-5-7-13/h3-7,12H,8-9H2,1-2H3. The van der Waals surface area contributed by atoms with Crippen molar-refractivity contribution in [1.29, 1.82) is 10.5 Å². The SMILES string of the molecule is CC(C(=C1CC1)c1ccccc1)C(C)(C#N)C#N. The first-order valence-electron chi connectivity index (χ1n) is 6.22. The number of hydrogen-bond donors (Lipinski definition) is 0. The zero-order valence-electron chi connectivity index (χ0n) is 10.8. The highest BCUT2D eigenvalue weighted by atomic mass is 14.4. The van der Waals surface area contributed by atoms with E-state index in [4.69, 9.17) is 0 Å². The third-order valence-electron chi connectivity index (χ3n) is 3.73. The Labute approximate surface area is 108 Å². The van der Waals surface area contributed by atoms with Gasteiger partial charge in [0, 0.05) is 5.92 Å². The summed E-state index contributed by atoms with van der Waals surface area (Å²) < 4.78 is 0. The Morgan fingerprint density at radius 3 is 2.17 bits per heavy atom. The number of nitrogens with zero attached hydrogens (tertiary/aromatic N) is 2. The van der Waals surface area contributed by atoms with Crippen LogP contribution in [0.2, 0.25) is 0 Å². The molecule has 18 heavy (non-hydrogen) atoms. The van der Waals surface area contributed by atoms with E-state index in [1.165, 1.54) is 11.1 Å². The van der Waals surface area contributed by atoms with Crippen molar-refractivity contribution in [2.75, 3.05) is 0 Å². The van der Waals surface area contributed by atoms with Crippen molar-refractivity contribution in [2.45, 2.75) is 26.7 Å². The molecule has 0 spiro atoms. The maximum absolute atomic E-state index is 9.26. The molecule has 2 nitrogen and oxygen atoms in total. The molecule has 0 N–H and O–H groups in total. The van der Waals surface area contributed by atoms with E-state index in [2.05, 4.69) is 24.3 Å². The summed E-state index contributed by atoms with van der Waals surface area (Å²) in [5.74, 6) is -0.0626. The minimum absolute atomic E-state index is 0.0626. The van der Waals surface area contributed by atoms with Gasteiger partial charge in [0.15, 0.2) is 0 Å². The molecule has 0 amide bonds. The van der Waals surface area contributed by atoms with Gasteiger partial charge in [-0.25, -0.2) is 0 Å². The predicted molar refractivity (Wildman–Crippen MR) is 71.1 cm³/mol. The highest BCUT2D eigenvalue weighted by Gasteiger charge is 2.37. The molecule has 1 aliphatic carbocycles. The van der Waals surface area contributed by atoms with E-state index in [1.807, 2.05) is 25.1 Å². The van der Waals surface area contributed by atoms with Crippen molar-refractivity contribution in [1.82, 2.24) is 0 Å². The van der Waals surface area contributed by atoms with Crippen LogP contribution in [0.5, 0.6) is 0 Å². The molecule has 1 aromatic rings. The van der Waals surface area contributed by atoms with Crippen LogP contribution in [0, 0.1) is 34.0 Å². The molecule has 1 atom stereocenters. The van der Waals surface area contributed by atoms with Crippen molar-refractivity contribution < 1.29 is 0 Å². The molecule has 2 heteroatoms. The van der Waals surface area contributed by atoms with Crippen LogP contribution in [0.15, 0.2) is 35.9 Å². The van der Waals surface area contributed by atoms with Gasteiger partial charge in [-0.1, -0.05) is 42.8 Å². The van der Waals surface area contributed by atoms with Crippen LogP contribution in [0.1, 0.15) is 32.3 Å². The lowest BCUT2D eigenvalue weighted by Gasteiger charge is -2.25. The maximum atomic E-state index is 9.26. The van der Waals surface area contributed by atoms with Crippen LogP contribution in [-0.2, 0) is 0 Å². The summed E-state index contributed by atoms with van der Waals surface area (Å²) in [5.41, 5.74) is 2.78. The first-order valence-corrected chi connectivity index (χ1v) is 6.22. The molecule has 1 aromatic carbocycles. The van der Waals surface area contributed by atoms with Gasteiger partial charge in [0.25, 0.3) is 0 Å². The molecule has 0 saturated heterocycles. The molecule has 0 radical (unpaired) electrons. The van der Waals surface area contributed by atoms with Gasteiger partial charge >= 0.3 is 0 Å². The second-order valence-corrected chi connectivity index (χ2v) is 5.03. The van der Waals surface area contributed by atoms with Crippen molar-refractivity contribution in [3.63, 3.8) is 0 Å². The molecular weight excluding hydrogens is 220 g/mol. The molecule has 2 rings (SSSR count). The summed E-state index contributed by atoms with van der Waals surface area (Å²) in [7, 11) is 0. The first kappa shape index (κ1) is 12.4. The fraction of sp³-hybridized carbons (Fsp3) is 0.375. The zero-order chi connectivity index (χ0) is 13.2. The third kappa shape index (κ3) is 2.15.